The minimum atomic E-state index is 0. The molecule has 40 valence electrons. The normalized spacial score (nSPS) is 0. The van der Waals surface area contributed by atoms with Crippen LogP contribution >= 0.6 is 0 Å². The van der Waals surface area contributed by atoms with E-state index in [0.29, 0.717) is 0 Å². The maximum atomic E-state index is 0. The second-order valence-electron chi connectivity index (χ2n) is 0. The van der Waals surface area contributed by atoms with E-state index in [-0.39, 0.29) is 105 Å². The van der Waals surface area contributed by atoms with E-state index in [9.17, 15) is 0 Å². The zero-order valence-electron chi connectivity index (χ0n) is 3.77. The third kappa shape index (κ3) is 82.3. The largest absolute Gasteiger partial charge is 5.00 e. The van der Waals surface area contributed by atoms with Crippen molar-refractivity contribution < 1.29 is 49.8 Å². The van der Waals surface area contributed by atoms with Crippen molar-refractivity contribution in [2.24, 2.45) is 0 Å². The first kappa shape index (κ1) is 165. The van der Waals surface area contributed by atoms with E-state index in [2.05, 4.69) is 0 Å². The van der Waals surface area contributed by atoms with Gasteiger partial charge in [0.1, 0.15) is 0 Å². The number of hydrogen-bond donors (Lipinski definition) is 0. The zero-order chi connectivity index (χ0) is 0. The predicted molar refractivity (Wildman–Crippen MR) is 14.9 cm³/mol. The van der Waals surface area contributed by atoms with Crippen molar-refractivity contribution in [1.29, 1.82) is 0 Å². The van der Waals surface area contributed by atoms with Crippen molar-refractivity contribution in [1.82, 2.24) is 0 Å². The third-order valence-electron chi connectivity index (χ3n) is 0. The Balaban J connectivity index is 0. The summed E-state index contributed by atoms with van der Waals surface area (Å²) in [6, 6.07) is 0. The van der Waals surface area contributed by atoms with Crippen LogP contribution in [0.3, 0.4) is 0 Å². The molecule has 0 spiro atoms. The van der Waals surface area contributed by atoms with E-state index in [0.717, 1.165) is 0 Å². The van der Waals surface area contributed by atoms with Gasteiger partial charge in [-0.25, -0.2) is 0 Å². The number of rotatable bonds is 0. The fourth-order valence-corrected chi connectivity index (χ4v) is 0. The molecule has 0 fully saturated rings. The van der Waals surface area contributed by atoms with Gasteiger partial charge >= 0.3 is 77.5 Å². The molecule has 8 heteroatoms. The van der Waals surface area contributed by atoms with Gasteiger partial charge in [-0.05, 0) is 0 Å². The zero-order valence-corrected chi connectivity index (χ0v) is 9.33. The Bertz CT molecular complexity index is 12.4. The van der Waals surface area contributed by atoms with Crippen LogP contribution in [0.15, 0.2) is 0 Å². The summed E-state index contributed by atoms with van der Waals surface area (Å²) in [6.07, 6.45) is 0. The van der Waals surface area contributed by atoms with Crippen LogP contribution in [0.2, 0.25) is 0 Å². The summed E-state index contributed by atoms with van der Waals surface area (Å²) >= 11 is 0. The Morgan fingerprint density at radius 3 is 0.500 bits per heavy atom. The van der Waals surface area contributed by atoms with E-state index < -0.39 is 0 Å². The molecule has 0 atom stereocenters. The molecule has 0 aliphatic carbocycles. The summed E-state index contributed by atoms with van der Waals surface area (Å²) < 4.78 is 0. The van der Waals surface area contributed by atoms with Crippen LogP contribution < -0.4 is 0 Å². The van der Waals surface area contributed by atoms with E-state index in [1.807, 2.05) is 0 Å². The molecule has 0 aliphatic heterocycles. The molecular weight excluding hydrogens is 240 g/mol. The molecule has 0 aromatic carbocycles. The molecule has 0 unspecified atom stereocenters. The van der Waals surface area contributed by atoms with Crippen LogP contribution in [0.4, 0.5) is 0 Å². The summed E-state index contributed by atoms with van der Waals surface area (Å²) in [5.41, 5.74) is 0. The van der Waals surface area contributed by atoms with Gasteiger partial charge < -0.3 is 27.4 Å². The maximum Gasteiger partial charge on any atom is 5.00 e. The maximum absolute atomic E-state index is 0. The fourth-order valence-electron chi connectivity index (χ4n) is 0. The standard InChI is InChI=1S/Al.Ca.Nb.5O/q+3;+2;+5;5*-2. The van der Waals surface area contributed by atoms with E-state index >= 15 is 0 Å². The second kappa shape index (κ2) is 119. The molecule has 0 N–H and O–H groups in total. The molecule has 0 heterocycles. The molecule has 5 nitrogen and oxygen atoms in total. The molecular formula is AlCaNbO5. The van der Waals surface area contributed by atoms with Gasteiger partial charge in [0.05, 0.1) is 0 Å². The smallest absolute Gasteiger partial charge is 2.00 e. The molecule has 0 saturated heterocycles. The van der Waals surface area contributed by atoms with E-state index in [1.165, 1.54) is 0 Å². The Morgan fingerprint density at radius 2 is 0.500 bits per heavy atom. The van der Waals surface area contributed by atoms with Gasteiger partial charge in [0, 0.05) is 0 Å². The van der Waals surface area contributed by atoms with Crippen LogP contribution in [0.1, 0.15) is 0 Å². The molecule has 0 rings (SSSR count). The Kier molecular flexibility index (Phi) is 2460. The first-order valence-corrected chi connectivity index (χ1v) is 0. The van der Waals surface area contributed by atoms with Gasteiger partial charge in [0.15, 0.2) is 0 Å². The van der Waals surface area contributed by atoms with Gasteiger partial charge in [-0.15, -0.1) is 0 Å². The van der Waals surface area contributed by atoms with Crippen molar-refractivity contribution in [3.8, 4) is 0 Å². The van der Waals surface area contributed by atoms with Crippen molar-refractivity contribution >= 4 is 55.1 Å². The quantitative estimate of drug-likeness (QED) is 0.461. The van der Waals surface area contributed by atoms with Gasteiger partial charge in [0.25, 0.3) is 0 Å². The topological polar surface area (TPSA) is 142 Å². The fraction of sp³-hybridized carbons (Fsp3) is 0. The van der Waals surface area contributed by atoms with Gasteiger partial charge in [-0.1, -0.05) is 0 Å². The molecule has 8 heavy (non-hydrogen) atoms. The van der Waals surface area contributed by atoms with Gasteiger partial charge in [-0.3, -0.25) is 0 Å². The monoisotopic (exact) mass is 240 g/mol. The summed E-state index contributed by atoms with van der Waals surface area (Å²) in [7, 11) is 0. The van der Waals surface area contributed by atoms with Crippen molar-refractivity contribution in [2.75, 3.05) is 0 Å². The van der Waals surface area contributed by atoms with Crippen molar-refractivity contribution in [2.45, 2.75) is 0 Å². The molecule has 0 bridgehead atoms. The molecule has 0 aliphatic rings. The van der Waals surface area contributed by atoms with Crippen LogP contribution in [-0.4, -0.2) is 55.1 Å². The van der Waals surface area contributed by atoms with Crippen LogP contribution in [0.5, 0.6) is 0 Å². The summed E-state index contributed by atoms with van der Waals surface area (Å²) in [5, 5.41) is 0. The summed E-state index contributed by atoms with van der Waals surface area (Å²) in [5.74, 6) is 0. The minimum Gasteiger partial charge on any atom is -2.00 e. The van der Waals surface area contributed by atoms with E-state index in [4.69, 9.17) is 0 Å². The summed E-state index contributed by atoms with van der Waals surface area (Å²) in [4.78, 5) is 0. The Morgan fingerprint density at radius 1 is 0.500 bits per heavy atom. The summed E-state index contributed by atoms with van der Waals surface area (Å²) in [6.45, 7) is 0. The Hall–Kier alpha value is 2.33. The van der Waals surface area contributed by atoms with Crippen LogP contribution in [0.25, 0.3) is 0 Å². The predicted octanol–water partition coefficient (Wildman–Crippen LogP) is -1.36. The first-order valence-electron chi connectivity index (χ1n) is 0. The first-order chi connectivity index (χ1) is 0. The average molecular weight is 240 g/mol. The molecule has 0 radical (unpaired) electrons. The number of hydrogen-bond acceptors (Lipinski definition) is 0. The molecule has 0 aromatic heterocycles. The van der Waals surface area contributed by atoms with Crippen molar-refractivity contribution in [3.05, 3.63) is 0 Å². The van der Waals surface area contributed by atoms with E-state index in [1.54, 1.807) is 0 Å². The molecule has 0 amide bonds. The average Bonchev–Trinajstić information content (AvgIpc) is 0. The SMILES string of the molecule is [Al+3].[Ca+2].[Nb+5].[O-2].[O-2].[O-2].[O-2].[O-2]. The second-order valence-corrected chi connectivity index (χ2v) is 0. The van der Waals surface area contributed by atoms with Crippen LogP contribution in [0, 0.1) is 0 Å². The van der Waals surface area contributed by atoms with Gasteiger partial charge in [-0.2, -0.15) is 0 Å². The van der Waals surface area contributed by atoms with Crippen molar-refractivity contribution in [3.63, 3.8) is 0 Å². The minimum absolute atomic E-state index is 0. The third-order valence-corrected chi connectivity index (χ3v) is 0. The van der Waals surface area contributed by atoms with Gasteiger partial charge in [0.2, 0.25) is 0 Å². The Labute approximate surface area is 103 Å². The molecule has 0 aromatic rings. The van der Waals surface area contributed by atoms with Crippen LogP contribution in [-0.2, 0) is 49.8 Å². The molecule has 0 saturated carbocycles.